The molecule has 6 nitrogen and oxygen atoms in total. The van der Waals surface area contributed by atoms with Crippen molar-refractivity contribution in [2.24, 2.45) is 0 Å². The fourth-order valence-corrected chi connectivity index (χ4v) is 5.66. The lowest BCUT2D eigenvalue weighted by Crippen LogP contribution is -2.42. The van der Waals surface area contributed by atoms with Crippen LogP contribution in [0.25, 0.3) is 0 Å². The smallest absolute Gasteiger partial charge is 0.264 e. The molecule has 0 saturated heterocycles. The summed E-state index contributed by atoms with van der Waals surface area (Å²) in [5.74, 6) is 0.292. The maximum absolute atomic E-state index is 13.6. The summed E-state index contributed by atoms with van der Waals surface area (Å²) in [6.07, 6.45) is 0.616. The molecule has 0 heterocycles. The number of carbonyl (C=O) groups is 1. The molecular formula is C26H28Cl2N2O4S. The first-order valence-electron chi connectivity index (χ1n) is 11.0. The largest absolute Gasteiger partial charge is 0.496 e. The van der Waals surface area contributed by atoms with Gasteiger partial charge in [0.1, 0.15) is 12.3 Å². The molecule has 3 aromatic rings. The van der Waals surface area contributed by atoms with Crippen molar-refractivity contribution in [3.05, 3.63) is 87.4 Å². The SMILES string of the molecule is CCC(NC(=O)CN(c1cc(Cl)cc(Cl)c1)S(=O)(=O)c1ccc(C)cc1)c1ccc(OC)c(C)c1. The molecule has 1 atom stereocenters. The van der Waals surface area contributed by atoms with Gasteiger partial charge in [-0.2, -0.15) is 0 Å². The number of hydrogen-bond acceptors (Lipinski definition) is 4. The van der Waals surface area contributed by atoms with E-state index >= 15 is 0 Å². The van der Waals surface area contributed by atoms with E-state index in [1.807, 2.05) is 39.0 Å². The summed E-state index contributed by atoms with van der Waals surface area (Å²) in [5.41, 5.74) is 2.96. The first-order valence-corrected chi connectivity index (χ1v) is 13.2. The fourth-order valence-electron chi connectivity index (χ4n) is 3.75. The third-order valence-corrected chi connectivity index (χ3v) is 7.82. The van der Waals surface area contributed by atoms with E-state index in [-0.39, 0.29) is 26.7 Å². The quantitative estimate of drug-likeness (QED) is 0.360. The number of rotatable bonds is 9. The van der Waals surface area contributed by atoms with Gasteiger partial charge in [0.15, 0.2) is 0 Å². The van der Waals surface area contributed by atoms with Crippen LogP contribution in [0, 0.1) is 13.8 Å². The average Bonchev–Trinajstić information content (AvgIpc) is 2.80. The second-order valence-corrected chi connectivity index (χ2v) is 10.9. The predicted octanol–water partition coefficient (Wildman–Crippen LogP) is 6.08. The number of nitrogens with one attached hydrogen (secondary N) is 1. The Labute approximate surface area is 216 Å². The molecule has 1 unspecified atom stereocenters. The highest BCUT2D eigenvalue weighted by Crippen LogP contribution is 2.30. The number of benzene rings is 3. The Morgan fingerprint density at radius 1 is 1.00 bits per heavy atom. The topological polar surface area (TPSA) is 75.7 Å². The molecule has 0 spiro atoms. The standard InChI is InChI=1S/C26H28Cl2N2O4S/c1-5-24(19-8-11-25(34-4)18(3)12-19)29-26(31)16-30(22-14-20(27)13-21(28)15-22)35(32,33)23-9-6-17(2)7-10-23/h6-15,24H,5,16H2,1-4H3,(H,29,31). The summed E-state index contributed by atoms with van der Waals surface area (Å²) in [6, 6.07) is 16.2. The highest BCUT2D eigenvalue weighted by molar-refractivity contribution is 7.92. The number of hydrogen-bond donors (Lipinski definition) is 1. The molecule has 0 bridgehead atoms. The Morgan fingerprint density at radius 2 is 1.63 bits per heavy atom. The van der Waals surface area contributed by atoms with E-state index < -0.39 is 22.5 Å². The van der Waals surface area contributed by atoms with Gasteiger partial charge >= 0.3 is 0 Å². The molecule has 3 rings (SSSR count). The van der Waals surface area contributed by atoms with Crippen LogP contribution < -0.4 is 14.4 Å². The zero-order chi connectivity index (χ0) is 25.8. The third-order valence-electron chi connectivity index (χ3n) is 5.60. The first kappa shape index (κ1) is 26.9. The molecule has 0 aliphatic rings. The van der Waals surface area contributed by atoms with Gasteiger partial charge in [-0.05, 0) is 67.8 Å². The van der Waals surface area contributed by atoms with Gasteiger partial charge in [-0.3, -0.25) is 9.10 Å². The molecule has 186 valence electrons. The number of amides is 1. The average molecular weight is 535 g/mol. The number of ether oxygens (including phenoxy) is 1. The van der Waals surface area contributed by atoms with Crippen molar-refractivity contribution in [2.45, 2.75) is 38.1 Å². The van der Waals surface area contributed by atoms with Crippen LogP contribution in [-0.2, 0) is 14.8 Å². The second kappa shape index (κ2) is 11.3. The molecule has 0 aliphatic heterocycles. The van der Waals surface area contributed by atoms with Gasteiger partial charge in [0.2, 0.25) is 5.91 Å². The number of sulfonamides is 1. The van der Waals surface area contributed by atoms with Crippen LogP contribution in [0.3, 0.4) is 0 Å². The van der Waals surface area contributed by atoms with Crippen LogP contribution >= 0.6 is 23.2 Å². The molecule has 35 heavy (non-hydrogen) atoms. The summed E-state index contributed by atoms with van der Waals surface area (Å²) < 4.78 is 33.5. The van der Waals surface area contributed by atoms with E-state index in [4.69, 9.17) is 27.9 Å². The van der Waals surface area contributed by atoms with E-state index in [0.717, 1.165) is 26.7 Å². The number of aryl methyl sites for hydroxylation is 2. The van der Waals surface area contributed by atoms with Crippen molar-refractivity contribution in [3.8, 4) is 5.75 Å². The predicted molar refractivity (Wildman–Crippen MR) is 141 cm³/mol. The van der Waals surface area contributed by atoms with Gasteiger partial charge in [-0.1, -0.05) is 60.0 Å². The first-order chi connectivity index (χ1) is 16.5. The molecule has 3 aromatic carbocycles. The van der Waals surface area contributed by atoms with Crippen LogP contribution in [-0.4, -0.2) is 28.0 Å². The van der Waals surface area contributed by atoms with E-state index in [1.54, 1.807) is 19.2 Å². The van der Waals surface area contributed by atoms with Crippen LogP contribution in [0.5, 0.6) is 5.75 Å². The second-order valence-electron chi connectivity index (χ2n) is 8.21. The summed E-state index contributed by atoms with van der Waals surface area (Å²) in [6.45, 7) is 5.29. The Balaban J connectivity index is 1.94. The van der Waals surface area contributed by atoms with Crippen LogP contribution in [0.4, 0.5) is 5.69 Å². The number of halogens is 2. The molecule has 1 amide bonds. The zero-order valence-corrected chi connectivity index (χ0v) is 22.3. The highest BCUT2D eigenvalue weighted by atomic mass is 35.5. The molecule has 0 fully saturated rings. The van der Waals surface area contributed by atoms with Crippen LogP contribution in [0.15, 0.2) is 65.6 Å². The lowest BCUT2D eigenvalue weighted by atomic mass is 10.0. The Morgan fingerprint density at radius 3 is 2.17 bits per heavy atom. The number of anilines is 1. The van der Waals surface area contributed by atoms with Gasteiger partial charge in [0.25, 0.3) is 10.0 Å². The summed E-state index contributed by atoms with van der Waals surface area (Å²) in [4.78, 5) is 13.2. The van der Waals surface area contributed by atoms with Gasteiger partial charge in [0.05, 0.1) is 23.7 Å². The van der Waals surface area contributed by atoms with E-state index in [2.05, 4.69) is 5.32 Å². The fraction of sp³-hybridized carbons (Fsp3) is 0.269. The molecule has 0 radical (unpaired) electrons. The van der Waals surface area contributed by atoms with Crippen molar-refractivity contribution in [2.75, 3.05) is 18.0 Å². The summed E-state index contributed by atoms with van der Waals surface area (Å²) >= 11 is 12.3. The molecule has 0 saturated carbocycles. The Kier molecular flexibility index (Phi) is 8.70. The lowest BCUT2D eigenvalue weighted by Gasteiger charge is -2.26. The molecule has 0 aliphatic carbocycles. The van der Waals surface area contributed by atoms with Gasteiger partial charge in [0, 0.05) is 10.0 Å². The normalized spacial score (nSPS) is 12.2. The van der Waals surface area contributed by atoms with Crippen molar-refractivity contribution < 1.29 is 17.9 Å². The van der Waals surface area contributed by atoms with E-state index in [1.165, 1.54) is 30.3 Å². The lowest BCUT2D eigenvalue weighted by molar-refractivity contribution is -0.120. The van der Waals surface area contributed by atoms with E-state index in [0.29, 0.717) is 6.42 Å². The van der Waals surface area contributed by atoms with Crippen molar-refractivity contribution >= 4 is 44.8 Å². The summed E-state index contributed by atoms with van der Waals surface area (Å²) in [5, 5.41) is 3.48. The number of carbonyl (C=O) groups excluding carboxylic acids is 1. The zero-order valence-electron chi connectivity index (χ0n) is 20.0. The Hall–Kier alpha value is -2.74. The minimum absolute atomic E-state index is 0.0600. The monoisotopic (exact) mass is 534 g/mol. The van der Waals surface area contributed by atoms with Crippen molar-refractivity contribution in [1.29, 1.82) is 0 Å². The molecular weight excluding hydrogens is 507 g/mol. The van der Waals surface area contributed by atoms with Gasteiger partial charge in [-0.25, -0.2) is 8.42 Å². The van der Waals surface area contributed by atoms with Crippen LogP contribution in [0.1, 0.15) is 36.1 Å². The third kappa shape index (κ3) is 6.48. The minimum Gasteiger partial charge on any atom is -0.496 e. The van der Waals surface area contributed by atoms with Gasteiger partial charge in [-0.15, -0.1) is 0 Å². The van der Waals surface area contributed by atoms with Crippen molar-refractivity contribution in [3.63, 3.8) is 0 Å². The molecule has 0 aromatic heterocycles. The maximum Gasteiger partial charge on any atom is 0.264 e. The molecule has 9 heteroatoms. The van der Waals surface area contributed by atoms with Gasteiger partial charge < -0.3 is 10.1 Å². The van der Waals surface area contributed by atoms with E-state index in [9.17, 15) is 13.2 Å². The number of nitrogens with zero attached hydrogens (tertiary/aromatic N) is 1. The minimum atomic E-state index is -4.08. The molecule has 1 N–H and O–H groups in total. The maximum atomic E-state index is 13.6. The van der Waals surface area contributed by atoms with Crippen LogP contribution in [0.2, 0.25) is 10.0 Å². The number of methoxy groups -OCH3 is 1. The van der Waals surface area contributed by atoms with Crippen molar-refractivity contribution in [1.82, 2.24) is 5.32 Å². The summed E-state index contributed by atoms with van der Waals surface area (Å²) in [7, 11) is -2.48. The Bertz CT molecular complexity index is 1290. The highest BCUT2D eigenvalue weighted by Gasteiger charge is 2.28.